The van der Waals surface area contributed by atoms with Crippen molar-refractivity contribution >= 4 is 27.7 Å². The first-order valence-corrected chi connectivity index (χ1v) is 8.01. The van der Waals surface area contributed by atoms with Crippen LogP contribution in [0, 0.1) is 5.92 Å². The molecule has 0 spiro atoms. The predicted molar refractivity (Wildman–Crippen MR) is 79.6 cm³/mol. The van der Waals surface area contributed by atoms with E-state index in [1.54, 1.807) is 0 Å². The topological polar surface area (TPSA) is 29.9 Å². The van der Waals surface area contributed by atoms with E-state index in [0.717, 1.165) is 22.7 Å². The number of nitrogens with zero attached hydrogens (tertiary/aromatic N) is 2. The molecule has 0 aromatic carbocycles. The van der Waals surface area contributed by atoms with Gasteiger partial charge >= 0.3 is 0 Å². The Balaban J connectivity index is 2.68. The molecule has 0 saturated carbocycles. The van der Waals surface area contributed by atoms with Crippen LogP contribution in [0.2, 0.25) is 0 Å². The quantitative estimate of drug-likeness (QED) is 0.836. The van der Waals surface area contributed by atoms with Gasteiger partial charge in [0, 0.05) is 12.3 Å². The maximum atomic E-state index is 4.37. The standard InChI is InChI=1S/C12H22BrN3S/c1-5-16-12(10(13)6-15-16)11(14-4)8-17-7-9(2)3/h6,9,11,14H,5,7-8H2,1-4H3. The lowest BCUT2D eigenvalue weighted by Crippen LogP contribution is -2.23. The molecule has 5 heteroatoms. The summed E-state index contributed by atoms with van der Waals surface area (Å²) in [5.41, 5.74) is 1.26. The van der Waals surface area contributed by atoms with Crippen LogP contribution < -0.4 is 5.32 Å². The van der Waals surface area contributed by atoms with Crippen LogP contribution in [0.5, 0.6) is 0 Å². The highest BCUT2D eigenvalue weighted by Crippen LogP contribution is 2.26. The summed E-state index contributed by atoms with van der Waals surface area (Å²) in [4.78, 5) is 0. The zero-order valence-corrected chi connectivity index (χ0v) is 13.4. The Bertz CT molecular complexity index is 338. The predicted octanol–water partition coefficient (Wildman–Crippen LogP) is 3.32. The summed E-state index contributed by atoms with van der Waals surface area (Å²) < 4.78 is 3.16. The molecule has 1 atom stereocenters. The van der Waals surface area contributed by atoms with Gasteiger partial charge in [0.1, 0.15) is 0 Å². The first kappa shape index (κ1) is 15.1. The van der Waals surface area contributed by atoms with Crippen molar-refractivity contribution in [2.75, 3.05) is 18.6 Å². The fraction of sp³-hybridized carbons (Fsp3) is 0.750. The van der Waals surface area contributed by atoms with E-state index >= 15 is 0 Å². The molecular weight excluding hydrogens is 298 g/mol. The van der Waals surface area contributed by atoms with Crippen molar-refractivity contribution in [2.45, 2.75) is 33.4 Å². The largest absolute Gasteiger partial charge is 0.311 e. The fourth-order valence-electron chi connectivity index (χ4n) is 1.69. The summed E-state index contributed by atoms with van der Waals surface area (Å²) in [7, 11) is 2.01. The lowest BCUT2D eigenvalue weighted by molar-refractivity contribution is 0.547. The summed E-state index contributed by atoms with van der Waals surface area (Å²) in [5, 5.41) is 7.75. The second-order valence-corrected chi connectivity index (χ2v) is 6.40. The third-order valence-electron chi connectivity index (χ3n) is 2.55. The molecule has 3 nitrogen and oxygen atoms in total. The zero-order valence-electron chi connectivity index (χ0n) is 11.0. The van der Waals surface area contributed by atoms with E-state index in [2.05, 4.69) is 51.8 Å². The van der Waals surface area contributed by atoms with Gasteiger partial charge < -0.3 is 5.32 Å². The second kappa shape index (κ2) is 7.44. The van der Waals surface area contributed by atoms with Gasteiger partial charge in [0.05, 0.1) is 22.4 Å². The maximum absolute atomic E-state index is 4.37. The number of hydrogen-bond acceptors (Lipinski definition) is 3. The molecule has 0 amide bonds. The molecule has 1 N–H and O–H groups in total. The van der Waals surface area contributed by atoms with Gasteiger partial charge in [-0.3, -0.25) is 4.68 Å². The molecule has 0 aliphatic carbocycles. The van der Waals surface area contributed by atoms with E-state index in [1.807, 2.05) is 25.0 Å². The minimum Gasteiger partial charge on any atom is -0.311 e. The molecule has 0 radical (unpaired) electrons. The van der Waals surface area contributed by atoms with Crippen LogP contribution in [0.1, 0.15) is 32.5 Å². The van der Waals surface area contributed by atoms with Gasteiger partial charge in [-0.25, -0.2) is 0 Å². The Kier molecular flexibility index (Phi) is 6.59. The summed E-state index contributed by atoms with van der Waals surface area (Å²) in [6, 6.07) is 0.357. The smallest absolute Gasteiger partial charge is 0.0703 e. The third kappa shape index (κ3) is 4.30. The van der Waals surface area contributed by atoms with E-state index in [0.29, 0.717) is 6.04 Å². The highest BCUT2D eigenvalue weighted by Gasteiger charge is 2.18. The minimum atomic E-state index is 0.357. The summed E-state index contributed by atoms with van der Waals surface area (Å²) in [6.07, 6.45) is 1.89. The van der Waals surface area contributed by atoms with Gasteiger partial charge in [0.25, 0.3) is 0 Å². The Morgan fingerprint density at radius 1 is 1.47 bits per heavy atom. The molecule has 0 bridgehead atoms. The van der Waals surface area contributed by atoms with Crippen molar-refractivity contribution in [1.29, 1.82) is 0 Å². The molecule has 17 heavy (non-hydrogen) atoms. The van der Waals surface area contributed by atoms with Gasteiger partial charge in [0.15, 0.2) is 0 Å². The Morgan fingerprint density at radius 2 is 2.18 bits per heavy atom. The van der Waals surface area contributed by atoms with Crippen molar-refractivity contribution in [3.63, 3.8) is 0 Å². The van der Waals surface area contributed by atoms with E-state index < -0.39 is 0 Å². The lowest BCUT2D eigenvalue weighted by atomic mass is 10.2. The van der Waals surface area contributed by atoms with Gasteiger partial charge in [-0.05, 0) is 41.6 Å². The monoisotopic (exact) mass is 319 g/mol. The molecule has 0 fully saturated rings. The minimum absolute atomic E-state index is 0.357. The molecule has 1 aromatic rings. The average Bonchev–Trinajstić information content (AvgIpc) is 2.66. The van der Waals surface area contributed by atoms with E-state index in [1.165, 1.54) is 11.4 Å². The molecule has 1 unspecified atom stereocenters. The van der Waals surface area contributed by atoms with Gasteiger partial charge in [0.2, 0.25) is 0 Å². The third-order valence-corrected chi connectivity index (χ3v) is 4.63. The summed E-state index contributed by atoms with van der Waals surface area (Å²) in [5.74, 6) is 3.03. The molecule has 0 saturated heterocycles. The number of hydrogen-bond donors (Lipinski definition) is 1. The van der Waals surface area contributed by atoms with Crippen LogP contribution >= 0.6 is 27.7 Å². The average molecular weight is 320 g/mol. The Labute approximate surface area is 117 Å². The Morgan fingerprint density at radius 3 is 2.71 bits per heavy atom. The second-order valence-electron chi connectivity index (χ2n) is 4.47. The fourth-order valence-corrected chi connectivity index (χ4v) is 3.43. The van der Waals surface area contributed by atoms with Gasteiger partial charge in [-0.1, -0.05) is 13.8 Å². The number of halogens is 1. The van der Waals surface area contributed by atoms with Crippen LogP contribution in [-0.4, -0.2) is 28.3 Å². The molecule has 1 heterocycles. The van der Waals surface area contributed by atoms with Crippen LogP contribution in [-0.2, 0) is 6.54 Å². The van der Waals surface area contributed by atoms with Gasteiger partial charge in [-0.15, -0.1) is 0 Å². The van der Waals surface area contributed by atoms with Crippen LogP contribution in [0.15, 0.2) is 10.7 Å². The molecule has 1 aromatic heterocycles. The number of aromatic nitrogens is 2. The summed E-state index contributed by atoms with van der Waals surface area (Å²) in [6.45, 7) is 7.55. The molecular formula is C12H22BrN3S. The molecule has 98 valence electrons. The van der Waals surface area contributed by atoms with Crippen LogP contribution in [0.4, 0.5) is 0 Å². The summed E-state index contributed by atoms with van der Waals surface area (Å²) >= 11 is 5.58. The number of rotatable bonds is 7. The number of nitrogens with one attached hydrogen (secondary N) is 1. The van der Waals surface area contributed by atoms with Crippen molar-refractivity contribution < 1.29 is 0 Å². The molecule has 1 rings (SSSR count). The number of aryl methyl sites for hydroxylation is 1. The SMILES string of the molecule is CCn1ncc(Br)c1C(CSCC(C)C)NC. The van der Waals surface area contributed by atoms with Crippen molar-refractivity contribution in [2.24, 2.45) is 5.92 Å². The zero-order chi connectivity index (χ0) is 12.8. The maximum Gasteiger partial charge on any atom is 0.0703 e. The lowest BCUT2D eigenvalue weighted by Gasteiger charge is -2.18. The van der Waals surface area contributed by atoms with Crippen molar-refractivity contribution in [1.82, 2.24) is 15.1 Å². The highest BCUT2D eigenvalue weighted by molar-refractivity contribution is 9.10. The first-order valence-electron chi connectivity index (χ1n) is 6.06. The van der Waals surface area contributed by atoms with E-state index in [9.17, 15) is 0 Å². The molecule has 0 aliphatic rings. The van der Waals surface area contributed by atoms with Crippen LogP contribution in [0.3, 0.4) is 0 Å². The van der Waals surface area contributed by atoms with Crippen LogP contribution in [0.25, 0.3) is 0 Å². The normalized spacial score (nSPS) is 13.3. The number of thioether (sulfide) groups is 1. The highest BCUT2D eigenvalue weighted by atomic mass is 79.9. The first-order chi connectivity index (χ1) is 8.10. The van der Waals surface area contributed by atoms with E-state index in [-0.39, 0.29) is 0 Å². The van der Waals surface area contributed by atoms with Crippen molar-refractivity contribution in [3.05, 3.63) is 16.4 Å². The Hall–Kier alpha value is -0.0000000000000000763. The van der Waals surface area contributed by atoms with Crippen molar-refractivity contribution in [3.8, 4) is 0 Å². The molecule has 0 aliphatic heterocycles. The van der Waals surface area contributed by atoms with E-state index in [4.69, 9.17) is 0 Å². The van der Waals surface area contributed by atoms with Gasteiger partial charge in [-0.2, -0.15) is 16.9 Å².